The second-order valence-electron chi connectivity index (χ2n) is 6.50. The molecule has 0 bridgehead atoms. The molecule has 2 aliphatic rings. The average molecular weight is 282 g/mol. The average Bonchev–Trinajstić information content (AvgIpc) is 2.75. The van der Waals surface area contributed by atoms with Crippen LogP contribution in [0, 0.1) is 0 Å². The molecule has 1 amide bonds. The van der Waals surface area contributed by atoms with Crippen LogP contribution in [-0.2, 0) is 4.79 Å². The van der Waals surface area contributed by atoms with E-state index >= 15 is 0 Å². The number of amides is 1. The van der Waals surface area contributed by atoms with Gasteiger partial charge in [-0.25, -0.2) is 0 Å². The van der Waals surface area contributed by atoms with Gasteiger partial charge in [0.15, 0.2) is 0 Å². The fourth-order valence-electron chi connectivity index (χ4n) is 3.53. The van der Waals surface area contributed by atoms with Crippen molar-refractivity contribution >= 4 is 5.91 Å². The van der Waals surface area contributed by atoms with Crippen molar-refractivity contribution in [3.8, 4) is 0 Å². The molecule has 0 aliphatic carbocycles. The molecule has 2 fully saturated rings. The maximum absolute atomic E-state index is 12.5. The summed E-state index contributed by atoms with van der Waals surface area (Å²) < 4.78 is 0. The molecule has 116 valence electrons. The molecule has 2 rings (SSSR count). The molecule has 4 heteroatoms. The summed E-state index contributed by atoms with van der Waals surface area (Å²) in [6.07, 6.45) is 8.97. The van der Waals surface area contributed by atoms with Crippen molar-refractivity contribution in [2.75, 3.05) is 26.2 Å². The molecular formula is C16H30N2O2. The fraction of sp³-hybridized carbons (Fsp3) is 0.938. The van der Waals surface area contributed by atoms with Crippen LogP contribution in [0.15, 0.2) is 0 Å². The molecule has 0 aromatic carbocycles. The van der Waals surface area contributed by atoms with Crippen LogP contribution >= 0.6 is 0 Å². The fourth-order valence-corrected chi connectivity index (χ4v) is 3.53. The summed E-state index contributed by atoms with van der Waals surface area (Å²) in [6.45, 7) is 5.28. The number of hydrogen-bond acceptors (Lipinski definition) is 3. The van der Waals surface area contributed by atoms with Crippen LogP contribution in [0.4, 0.5) is 0 Å². The second kappa shape index (κ2) is 7.99. The van der Waals surface area contributed by atoms with Gasteiger partial charge in [-0.3, -0.25) is 9.69 Å². The van der Waals surface area contributed by atoms with Gasteiger partial charge in [-0.1, -0.05) is 19.3 Å². The minimum atomic E-state index is -0.266. The van der Waals surface area contributed by atoms with E-state index in [0.717, 1.165) is 51.7 Å². The number of nitrogens with zero attached hydrogens (tertiary/aromatic N) is 2. The van der Waals surface area contributed by atoms with Gasteiger partial charge in [0.05, 0.1) is 12.6 Å². The zero-order chi connectivity index (χ0) is 14.4. The van der Waals surface area contributed by atoms with Crippen molar-refractivity contribution in [1.82, 2.24) is 9.80 Å². The Morgan fingerprint density at radius 3 is 2.40 bits per heavy atom. The third-order valence-electron chi connectivity index (χ3n) is 4.66. The molecule has 0 saturated carbocycles. The van der Waals surface area contributed by atoms with E-state index in [9.17, 15) is 9.90 Å². The van der Waals surface area contributed by atoms with Gasteiger partial charge in [0.1, 0.15) is 0 Å². The number of hydrogen-bond donors (Lipinski definition) is 1. The summed E-state index contributed by atoms with van der Waals surface area (Å²) in [5, 5.41) is 9.56. The van der Waals surface area contributed by atoms with Crippen LogP contribution in [0.1, 0.15) is 58.3 Å². The molecule has 2 atom stereocenters. The largest absolute Gasteiger partial charge is 0.393 e. The summed E-state index contributed by atoms with van der Waals surface area (Å²) in [4.78, 5) is 16.8. The van der Waals surface area contributed by atoms with Crippen LogP contribution < -0.4 is 0 Å². The van der Waals surface area contributed by atoms with Gasteiger partial charge in [-0.2, -0.15) is 0 Å². The first-order chi connectivity index (χ1) is 9.66. The van der Waals surface area contributed by atoms with Crippen LogP contribution in [0.2, 0.25) is 0 Å². The summed E-state index contributed by atoms with van der Waals surface area (Å²) >= 11 is 0. The number of aliphatic hydroxyl groups excluding tert-OH is 1. The van der Waals surface area contributed by atoms with E-state index in [1.54, 1.807) is 0 Å². The molecule has 0 radical (unpaired) electrons. The van der Waals surface area contributed by atoms with E-state index < -0.39 is 0 Å². The smallest absolute Gasteiger partial charge is 0.236 e. The Balaban J connectivity index is 1.82. The number of carbonyl (C=O) groups is 1. The van der Waals surface area contributed by atoms with Crippen molar-refractivity contribution in [2.24, 2.45) is 0 Å². The van der Waals surface area contributed by atoms with Gasteiger partial charge in [-0.05, 0) is 45.6 Å². The molecule has 20 heavy (non-hydrogen) atoms. The predicted octanol–water partition coefficient (Wildman–Crippen LogP) is 2.01. The van der Waals surface area contributed by atoms with Gasteiger partial charge < -0.3 is 10.0 Å². The van der Waals surface area contributed by atoms with Crippen molar-refractivity contribution in [2.45, 2.75) is 70.4 Å². The molecular weight excluding hydrogens is 252 g/mol. The monoisotopic (exact) mass is 282 g/mol. The molecule has 0 aromatic heterocycles. The highest BCUT2D eigenvalue weighted by atomic mass is 16.3. The van der Waals surface area contributed by atoms with Gasteiger partial charge in [0, 0.05) is 19.1 Å². The Kier molecular flexibility index (Phi) is 6.30. The van der Waals surface area contributed by atoms with Crippen molar-refractivity contribution in [3.63, 3.8) is 0 Å². The maximum Gasteiger partial charge on any atom is 0.236 e. The van der Waals surface area contributed by atoms with E-state index in [-0.39, 0.29) is 6.10 Å². The van der Waals surface area contributed by atoms with Crippen molar-refractivity contribution in [3.05, 3.63) is 0 Å². The van der Waals surface area contributed by atoms with Crippen LogP contribution in [0.25, 0.3) is 0 Å². The molecule has 2 heterocycles. The zero-order valence-corrected chi connectivity index (χ0v) is 12.9. The highest BCUT2D eigenvalue weighted by Crippen LogP contribution is 2.21. The Morgan fingerprint density at radius 1 is 1.10 bits per heavy atom. The molecule has 1 N–H and O–H groups in total. The first-order valence-corrected chi connectivity index (χ1v) is 8.36. The number of aliphatic hydroxyl groups is 1. The first-order valence-electron chi connectivity index (χ1n) is 8.36. The quantitative estimate of drug-likeness (QED) is 0.858. The third kappa shape index (κ3) is 4.74. The highest BCUT2D eigenvalue weighted by Gasteiger charge is 2.28. The Labute approximate surface area is 123 Å². The molecule has 4 nitrogen and oxygen atoms in total. The Bertz CT molecular complexity index is 299. The zero-order valence-electron chi connectivity index (χ0n) is 12.9. The van der Waals surface area contributed by atoms with Gasteiger partial charge in [-0.15, -0.1) is 0 Å². The third-order valence-corrected chi connectivity index (χ3v) is 4.66. The van der Waals surface area contributed by atoms with Crippen LogP contribution in [-0.4, -0.2) is 59.1 Å². The Hall–Kier alpha value is -0.610. The molecule has 2 unspecified atom stereocenters. The molecule has 2 aliphatic heterocycles. The Morgan fingerprint density at radius 2 is 1.75 bits per heavy atom. The molecule has 0 aromatic rings. The summed E-state index contributed by atoms with van der Waals surface area (Å²) in [5.41, 5.74) is 0. The normalized spacial score (nSPS) is 27.1. The van der Waals surface area contributed by atoms with Crippen molar-refractivity contribution in [1.29, 1.82) is 0 Å². The predicted molar refractivity (Wildman–Crippen MR) is 80.6 cm³/mol. The first kappa shape index (κ1) is 15.8. The maximum atomic E-state index is 12.5. The lowest BCUT2D eigenvalue weighted by Gasteiger charge is -2.30. The molecule has 2 saturated heterocycles. The van der Waals surface area contributed by atoms with Gasteiger partial charge >= 0.3 is 0 Å². The van der Waals surface area contributed by atoms with E-state index in [2.05, 4.69) is 9.80 Å². The standard InChI is InChI=1S/C16H30N2O2/c1-14(19)12-15-8-7-11-18(15)13-16(20)17-9-5-3-2-4-6-10-17/h14-15,19H,2-13H2,1H3. The lowest BCUT2D eigenvalue weighted by Crippen LogP contribution is -2.43. The number of likely N-dealkylation sites (tertiary alicyclic amines) is 2. The summed E-state index contributed by atoms with van der Waals surface area (Å²) in [5.74, 6) is 0.296. The minimum Gasteiger partial charge on any atom is -0.393 e. The van der Waals surface area contributed by atoms with E-state index in [0.29, 0.717) is 18.5 Å². The van der Waals surface area contributed by atoms with E-state index in [4.69, 9.17) is 0 Å². The lowest BCUT2D eigenvalue weighted by molar-refractivity contribution is -0.133. The summed E-state index contributed by atoms with van der Waals surface area (Å²) in [6, 6.07) is 0.397. The van der Waals surface area contributed by atoms with Gasteiger partial charge in [0.25, 0.3) is 0 Å². The lowest BCUT2D eigenvalue weighted by atomic mass is 10.1. The SMILES string of the molecule is CC(O)CC1CCCN1CC(=O)N1CCCCCCC1. The van der Waals surface area contributed by atoms with E-state index in [1.165, 1.54) is 19.3 Å². The van der Waals surface area contributed by atoms with Gasteiger partial charge in [0.2, 0.25) is 5.91 Å². The second-order valence-corrected chi connectivity index (χ2v) is 6.50. The van der Waals surface area contributed by atoms with Crippen LogP contribution in [0.3, 0.4) is 0 Å². The number of carbonyl (C=O) groups excluding carboxylic acids is 1. The molecule has 0 spiro atoms. The highest BCUT2D eigenvalue weighted by molar-refractivity contribution is 5.78. The number of rotatable bonds is 4. The van der Waals surface area contributed by atoms with Crippen molar-refractivity contribution < 1.29 is 9.90 Å². The minimum absolute atomic E-state index is 0.266. The summed E-state index contributed by atoms with van der Waals surface area (Å²) in [7, 11) is 0. The topological polar surface area (TPSA) is 43.8 Å². The van der Waals surface area contributed by atoms with Crippen LogP contribution in [0.5, 0.6) is 0 Å². The van der Waals surface area contributed by atoms with E-state index in [1.807, 2.05) is 6.92 Å².